The zero-order valence-corrected chi connectivity index (χ0v) is 23.0. The molecule has 0 unspecified atom stereocenters. The van der Waals surface area contributed by atoms with E-state index in [-0.39, 0.29) is 32.2 Å². The first-order chi connectivity index (χ1) is 20.4. The number of carboxylic acid groups (broad SMARTS) is 1. The summed E-state index contributed by atoms with van der Waals surface area (Å²) in [6.45, 7) is 1.77. The molecule has 0 aliphatic heterocycles. The van der Waals surface area contributed by atoms with Crippen LogP contribution in [0.25, 0.3) is 11.1 Å². The lowest BCUT2D eigenvalue weighted by atomic mass is 9.98. The molecule has 0 saturated heterocycles. The van der Waals surface area contributed by atoms with Gasteiger partial charge in [0.2, 0.25) is 5.91 Å². The molecule has 3 aromatic carbocycles. The lowest BCUT2D eigenvalue weighted by molar-refractivity contribution is -0.146. The Kier molecular flexibility index (Phi) is 8.88. The standard InChI is InChI=1S/C31H31N5O6/c1-20(41-18-21-9-3-2-4-10-21)29(30(38)39)33-28(37)17-36-16-22(34-35-36)15-32-31(40)42-19-27-25-13-7-5-11-23(25)24-12-6-8-14-26(24)27/h2-14,16,20,27,29H,15,17-19H2,1H3,(H,32,40)(H,33,37)(H,38,39)/t20-,29+/m0/s1. The van der Waals surface area contributed by atoms with Crippen molar-refractivity contribution in [3.63, 3.8) is 0 Å². The summed E-state index contributed by atoms with van der Waals surface area (Å²) in [5.41, 5.74) is 5.83. The minimum absolute atomic E-state index is 0.0421. The predicted octanol–water partition coefficient (Wildman–Crippen LogP) is 3.49. The van der Waals surface area contributed by atoms with Crippen molar-refractivity contribution in [2.75, 3.05) is 6.61 Å². The fourth-order valence-corrected chi connectivity index (χ4v) is 4.95. The maximum absolute atomic E-state index is 12.6. The van der Waals surface area contributed by atoms with Crippen molar-refractivity contribution < 1.29 is 29.0 Å². The predicted molar refractivity (Wildman–Crippen MR) is 152 cm³/mol. The molecule has 42 heavy (non-hydrogen) atoms. The van der Waals surface area contributed by atoms with Gasteiger partial charge in [-0.15, -0.1) is 5.10 Å². The maximum Gasteiger partial charge on any atom is 0.407 e. The molecule has 5 rings (SSSR count). The first-order valence-electron chi connectivity index (χ1n) is 13.5. The van der Waals surface area contributed by atoms with E-state index in [4.69, 9.17) is 9.47 Å². The topological polar surface area (TPSA) is 145 Å². The third-order valence-corrected chi connectivity index (χ3v) is 7.06. The van der Waals surface area contributed by atoms with E-state index in [1.807, 2.05) is 66.7 Å². The number of aliphatic carboxylic acids is 1. The summed E-state index contributed by atoms with van der Waals surface area (Å²) in [6.07, 6.45) is 0.117. The van der Waals surface area contributed by atoms with Crippen LogP contribution in [0.5, 0.6) is 0 Å². The van der Waals surface area contributed by atoms with Crippen LogP contribution in [-0.4, -0.2) is 56.8 Å². The highest BCUT2D eigenvalue weighted by atomic mass is 16.5. The Morgan fingerprint density at radius 2 is 1.60 bits per heavy atom. The number of rotatable bonds is 12. The Labute approximate surface area is 242 Å². The smallest absolute Gasteiger partial charge is 0.407 e. The van der Waals surface area contributed by atoms with Gasteiger partial charge in [-0.25, -0.2) is 14.3 Å². The first kappa shape index (κ1) is 28.5. The molecule has 2 atom stereocenters. The molecule has 2 amide bonds. The van der Waals surface area contributed by atoms with Crippen LogP contribution in [0.1, 0.15) is 35.2 Å². The molecule has 1 aromatic heterocycles. The van der Waals surface area contributed by atoms with Crippen molar-refractivity contribution in [3.8, 4) is 11.1 Å². The Hall–Kier alpha value is -5.03. The quantitative estimate of drug-likeness (QED) is 0.235. The van der Waals surface area contributed by atoms with E-state index in [9.17, 15) is 19.5 Å². The lowest BCUT2D eigenvalue weighted by Crippen LogP contribution is -2.49. The Morgan fingerprint density at radius 3 is 2.26 bits per heavy atom. The van der Waals surface area contributed by atoms with Gasteiger partial charge in [0.05, 0.1) is 25.5 Å². The van der Waals surface area contributed by atoms with Gasteiger partial charge in [-0.05, 0) is 34.7 Å². The van der Waals surface area contributed by atoms with Gasteiger partial charge in [0.15, 0.2) is 6.04 Å². The second-order valence-electron chi connectivity index (χ2n) is 9.97. The molecule has 0 fully saturated rings. The van der Waals surface area contributed by atoms with Crippen molar-refractivity contribution in [1.29, 1.82) is 0 Å². The molecule has 1 heterocycles. The number of carboxylic acids is 1. The van der Waals surface area contributed by atoms with Gasteiger partial charge in [-0.2, -0.15) is 0 Å². The van der Waals surface area contributed by atoms with Crippen molar-refractivity contribution in [2.24, 2.45) is 0 Å². The van der Waals surface area contributed by atoms with Crippen molar-refractivity contribution in [3.05, 3.63) is 107 Å². The summed E-state index contributed by atoms with van der Waals surface area (Å²) in [6, 6.07) is 24.3. The maximum atomic E-state index is 12.6. The highest BCUT2D eigenvalue weighted by Crippen LogP contribution is 2.44. The summed E-state index contributed by atoms with van der Waals surface area (Å²) >= 11 is 0. The number of amides is 2. The van der Waals surface area contributed by atoms with E-state index in [0.717, 1.165) is 27.8 Å². The van der Waals surface area contributed by atoms with E-state index >= 15 is 0 Å². The summed E-state index contributed by atoms with van der Waals surface area (Å²) in [5.74, 6) is -1.84. The third-order valence-electron chi connectivity index (χ3n) is 7.06. The number of nitrogens with one attached hydrogen (secondary N) is 2. The summed E-state index contributed by atoms with van der Waals surface area (Å²) in [7, 11) is 0. The lowest BCUT2D eigenvalue weighted by Gasteiger charge is -2.22. The number of hydrogen-bond donors (Lipinski definition) is 3. The number of carbonyl (C=O) groups is 3. The SMILES string of the molecule is C[C@H](OCc1ccccc1)[C@@H](NC(=O)Cn1cc(CNC(=O)OCC2c3ccccc3-c3ccccc32)nn1)C(=O)O. The number of aromatic nitrogens is 3. The number of carbonyl (C=O) groups excluding carboxylic acids is 2. The number of fused-ring (bicyclic) bond motifs is 3. The molecule has 3 N–H and O–H groups in total. The Balaban J connectivity index is 1.08. The van der Waals surface area contributed by atoms with Crippen molar-refractivity contribution >= 4 is 18.0 Å². The summed E-state index contributed by atoms with van der Waals surface area (Å²) in [5, 5.41) is 22.6. The van der Waals surface area contributed by atoms with Gasteiger partial charge in [0.1, 0.15) is 18.8 Å². The zero-order chi connectivity index (χ0) is 29.5. The van der Waals surface area contributed by atoms with Gasteiger partial charge in [0, 0.05) is 5.92 Å². The van der Waals surface area contributed by atoms with Crippen LogP contribution >= 0.6 is 0 Å². The molecule has 0 spiro atoms. The van der Waals surface area contributed by atoms with Crippen LogP contribution in [0.3, 0.4) is 0 Å². The average Bonchev–Trinajstić information content (AvgIpc) is 3.58. The third kappa shape index (κ3) is 6.81. The fraction of sp³-hybridized carbons (Fsp3) is 0.258. The second-order valence-corrected chi connectivity index (χ2v) is 9.97. The Bertz CT molecular complexity index is 1510. The molecule has 11 nitrogen and oxygen atoms in total. The van der Waals surface area contributed by atoms with Crippen LogP contribution in [0, 0.1) is 0 Å². The fourth-order valence-electron chi connectivity index (χ4n) is 4.95. The van der Waals surface area contributed by atoms with Crippen LogP contribution in [0.2, 0.25) is 0 Å². The first-order valence-corrected chi connectivity index (χ1v) is 13.5. The van der Waals surface area contributed by atoms with E-state index in [0.29, 0.717) is 5.69 Å². The molecule has 216 valence electrons. The number of alkyl carbamates (subject to hydrolysis) is 1. The van der Waals surface area contributed by atoms with Crippen LogP contribution in [0.15, 0.2) is 85.1 Å². The molecule has 0 saturated carbocycles. The van der Waals surface area contributed by atoms with E-state index in [1.54, 1.807) is 6.92 Å². The molecular formula is C31H31N5O6. The van der Waals surface area contributed by atoms with Gasteiger partial charge in [0.25, 0.3) is 0 Å². The van der Waals surface area contributed by atoms with Crippen LogP contribution < -0.4 is 10.6 Å². The monoisotopic (exact) mass is 569 g/mol. The van der Waals surface area contributed by atoms with Gasteiger partial charge >= 0.3 is 12.1 Å². The summed E-state index contributed by atoms with van der Waals surface area (Å²) < 4.78 is 12.5. The largest absolute Gasteiger partial charge is 0.480 e. The molecule has 0 bridgehead atoms. The van der Waals surface area contributed by atoms with E-state index in [1.165, 1.54) is 10.9 Å². The average molecular weight is 570 g/mol. The molecular weight excluding hydrogens is 538 g/mol. The number of benzene rings is 3. The minimum atomic E-state index is -1.25. The highest BCUT2D eigenvalue weighted by Gasteiger charge is 2.29. The number of nitrogens with zero attached hydrogens (tertiary/aromatic N) is 3. The zero-order valence-electron chi connectivity index (χ0n) is 23.0. The minimum Gasteiger partial charge on any atom is -0.480 e. The van der Waals surface area contributed by atoms with Gasteiger partial charge in [-0.1, -0.05) is 84.1 Å². The van der Waals surface area contributed by atoms with E-state index < -0.39 is 30.1 Å². The molecule has 4 aromatic rings. The number of hydrogen-bond acceptors (Lipinski definition) is 7. The number of ether oxygens (including phenoxy) is 2. The molecule has 1 aliphatic carbocycles. The second kappa shape index (κ2) is 13.1. The van der Waals surface area contributed by atoms with Crippen molar-refractivity contribution in [1.82, 2.24) is 25.6 Å². The molecule has 0 radical (unpaired) electrons. The highest BCUT2D eigenvalue weighted by molar-refractivity contribution is 5.84. The van der Waals surface area contributed by atoms with Gasteiger partial charge in [-0.3, -0.25) is 4.79 Å². The Morgan fingerprint density at radius 1 is 0.952 bits per heavy atom. The van der Waals surface area contributed by atoms with Crippen molar-refractivity contribution in [2.45, 2.75) is 44.7 Å². The van der Waals surface area contributed by atoms with Crippen LogP contribution in [-0.2, 0) is 38.8 Å². The summed E-state index contributed by atoms with van der Waals surface area (Å²) in [4.78, 5) is 36.8. The van der Waals surface area contributed by atoms with Gasteiger partial charge < -0.3 is 25.2 Å². The molecule has 11 heteroatoms. The molecule has 1 aliphatic rings. The van der Waals surface area contributed by atoms with E-state index in [2.05, 4.69) is 33.1 Å². The van der Waals surface area contributed by atoms with Crippen LogP contribution in [0.4, 0.5) is 4.79 Å². The normalized spacial score (nSPS) is 13.5.